The van der Waals surface area contributed by atoms with Gasteiger partial charge >= 0.3 is 5.97 Å². The first kappa shape index (κ1) is 12.0. The number of methoxy groups -OCH3 is 1. The van der Waals surface area contributed by atoms with Crippen LogP contribution in [-0.2, 0) is 4.79 Å². The van der Waals surface area contributed by atoms with Crippen molar-refractivity contribution in [2.24, 2.45) is 5.92 Å². The van der Waals surface area contributed by atoms with Crippen LogP contribution >= 0.6 is 0 Å². The molecule has 0 aromatic heterocycles. The van der Waals surface area contributed by atoms with Gasteiger partial charge in [-0.3, -0.25) is 4.79 Å². The van der Waals surface area contributed by atoms with Crippen LogP contribution < -0.4 is 4.74 Å². The van der Waals surface area contributed by atoms with E-state index in [1.165, 1.54) is 0 Å². The van der Waals surface area contributed by atoms with E-state index in [4.69, 9.17) is 9.84 Å². The third-order valence-electron chi connectivity index (χ3n) is 3.45. The molecular weight excluding hydrogens is 216 g/mol. The number of rotatable bonds is 5. The van der Waals surface area contributed by atoms with E-state index in [-0.39, 0.29) is 12.3 Å². The van der Waals surface area contributed by atoms with E-state index in [0.717, 1.165) is 29.7 Å². The molecule has 1 saturated carbocycles. The van der Waals surface area contributed by atoms with Crippen LogP contribution in [0.15, 0.2) is 18.2 Å². The predicted molar refractivity (Wildman–Crippen MR) is 65.4 cm³/mol. The Bertz CT molecular complexity index is 421. The van der Waals surface area contributed by atoms with Gasteiger partial charge in [-0.1, -0.05) is 12.1 Å². The minimum atomic E-state index is -0.721. The zero-order chi connectivity index (χ0) is 12.4. The number of carbonyl (C=O) groups is 1. The Hall–Kier alpha value is -1.51. The molecule has 3 nitrogen and oxygen atoms in total. The van der Waals surface area contributed by atoms with E-state index in [0.29, 0.717) is 5.92 Å². The van der Waals surface area contributed by atoms with Gasteiger partial charge in [0.05, 0.1) is 13.5 Å². The number of aryl methyl sites for hydroxylation is 1. The summed E-state index contributed by atoms with van der Waals surface area (Å²) in [7, 11) is 1.65. The quantitative estimate of drug-likeness (QED) is 0.852. The van der Waals surface area contributed by atoms with Crippen molar-refractivity contribution < 1.29 is 14.6 Å². The molecule has 1 N–H and O–H groups in total. The smallest absolute Gasteiger partial charge is 0.303 e. The van der Waals surface area contributed by atoms with Crippen molar-refractivity contribution in [3.8, 4) is 5.75 Å². The molecule has 3 heteroatoms. The summed E-state index contributed by atoms with van der Waals surface area (Å²) in [5.74, 6) is 0.806. The number of carboxylic acids is 1. The molecule has 0 heterocycles. The molecule has 0 saturated heterocycles. The van der Waals surface area contributed by atoms with Gasteiger partial charge in [0.2, 0.25) is 0 Å². The average molecular weight is 234 g/mol. The highest BCUT2D eigenvalue weighted by Gasteiger charge is 2.33. The van der Waals surface area contributed by atoms with Crippen molar-refractivity contribution in [1.29, 1.82) is 0 Å². The molecule has 0 bridgehead atoms. The van der Waals surface area contributed by atoms with E-state index < -0.39 is 5.97 Å². The summed E-state index contributed by atoms with van der Waals surface area (Å²) in [6.07, 6.45) is 2.51. The zero-order valence-electron chi connectivity index (χ0n) is 10.3. The Kier molecular flexibility index (Phi) is 3.36. The maximum atomic E-state index is 10.9. The molecular formula is C14H18O3. The number of hydrogen-bond acceptors (Lipinski definition) is 2. The van der Waals surface area contributed by atoms with Crippen LogP contribution in [0, 0.1) is 12.8 Å². The summed E-state index contributed by atoms with van der Waals surface area (Å²) < 4.78 is 5.29. The van der Waals surface area contributed by atoms with E-state index in [1.54, 1.807) is 7.11 Å². The lowest BCUT2D eigenvalue weighted by molar-refractivity contribution is -0.137. The van der Waals surface area contributed by atoms with Crippen LogP contribution in [0.25, 0.3) is 0 Å². The molecule has 0 spiro atoms. The molecule has 1 atom stereocenters. The maximum Gasteiger partial charge on any atom is 0.303 e. The molecule has 0 aliphatic heterocycles. The average Bonchev–Trinajstić information content (AvgIpc) is 3.10. The van der Waals surface area contributed by atoms with Crippen molar-refractivity contribution in [3.63, 3.8) is 0 Å². The highest BCUT2D eigenvalue weighted by molar-refractivity contribution is 5.68. The molecule has 1 aromatic carbocycles. The molecule has 92 valence electrons. The first-order valence-electron chi connectivity index (χ1n) is 5.98. The molecule has 1 aromatic rings. The number of ether oxygens (including phenoxy) is 1. The zero-order valence-corrected chi connectivity index (χ0v) is 10.3. The van der Waals surface area contributed by atoms with E-state index in [9.17, 15) is 4.79 Å². The minimum Gasteiger partial charge on any atom is -0.496 e. The SMILES string of the molecule is COc1cc(C(CC(=O)O)C2CC2)ccc1C. The van der Waals surface area contributed by atoms with Crippen molar-refractivity contribution >= 4 is 5.97 Å². The fraction of sp³-hybridized carbons (Fsp3) is 0.500. The van der Waals surface area contributed by atoms with Gasteiger partial charge in [-0.05, 0) is 48.8 Å². The molecule has 0 amide bonds. The topological polar surface area (TPSA) is 46.5 Å². The predicted octanol–water partition coefficient (Wildman–Crippen LogP) is 2.97. The Balaban J connectivity index is 2.25. The van der Waals surface area contributed by atoms with Crippen LogP contribution in [0.3, 0.4) is 0 Å². The number of aliphatic carboxylic acids is 1. The van der Waals surface area contributed by atoms with Crippen LogP contribution in [0.4, 0.5) is 0 Å². The fourth-order valence-corrected chi connectivity index (χ4v) is 2.31. The van der Waals surface area contributed by atoms with Crippen LogP contribution in [0.5, 0.6) is 5.75 Å². The minimum absolute atomic E-state index is 0.141. The largest absolute Gasteiger partial charge is 0.496 e. The van der Waals surface area contributed by atoms with Gasteiger partial charge in [0, 0.05) is 0 Å². The summed E-state index contributed by atoms with van der Waals surface area (Å²) >= 11 is 0. The Morgan fingerprint density at radius 3 is 2.76 bits per heavy atom. The third kappa shape index (κ3) is 2.78. The van der Waals surface area contributed by atoms with Gasteiger partial charge < -0.3 is 9.84 Å². The third-order valence-corrected chi connectivity index (χ3v) is 3.45. The van der Waals surface area contributed by atoms with Gasteiger partial charge in [-0.15, -0.1) is 0 Å². The lowest BCUT2D eigenvalue weighted by Gasteiger charge is -2.16. The summed E-state index contributed by atoms with van der Waals surface area (Å²) in [5, 5.41) is 8.97. The van der Waals surface area contributed by atoms with Crippen LogP contribution in [0.1, 0.15) is 36.3 Å². The second kappa shape index (κ2) is 4.78. The highest BCUT2D eigenvalue weighted by Crippen LogP contribution is 2.45. The molecule has 1 aliphatic rings. The van der Waals surface area contributed by atoms with Crippen LogP contribution in [-0.4, -0.2) is 18.2 Å². The van der Waals surface area contributed by atoms with Gasteiger partial charge in [-0.25, -0.2) is 0 Å². The molecule has 17 heavy (non-hydrogen) atoms. The van der Waals surface area contributed by atoms with Crippen molar-refractivity contribution in [2.75, 3.05) is 7.11 Å². The van der Waals surface area contributed by atoms with Gasteiger partial charge in [0.15, 0.2) is 0 Å². The van der Waals surface area contributed by atoms with Gasteiger partial charge in [0.25, 0.3) is 0 Å². The van der Waals surface area contributed by atoms with Crippen molar-refractivity contribution in [3.05, 3.63) is 29.3 Å². The van der Waals surface area contributed by atoms with Gasteiger partial charge in [-0.2, -0.15) is 0 Å². The van der Waals surface area contributed by atoms with E-state index in [2.05, 4.69) is 0 Å². The highest BCUT2D eigenvalue weighted by atomic mass is 16.5. The standard InChI is InChI=1S/C14H18O3/c1-9-3-4-11(7-13(9)17-2)12(8-14(15)16)10-5-6-10/h3-4,7,10,12H,5-6,8H2,1-2H3,(H,15,16). The van der Waals surface area contributed by atoms with Crippen LogP contribution in [0.2, 0.25) is 0 Å². The summed E-state index contributed by atoms with van der Waals surface area (Å²) in [6.45, 7) is 1.99. The summed E-state index contributed by atoms with van der Waals surface area (Å²) in [6, 6.07) is 6.02. The molecule has 2 rings (SSSR count). The van der Waals surface area contributed by atoms with E-state index >= 15 is 0 Å². The van der Waals surface area contributed by atoms with E-state index in [1.807, 2.05) is 25.1 Å². The Morgan fingerprint density at radius 2 is 2.24 bits per heavy atom. The molecule has 1 unspecified atom stereocenters. The summed E-state index contributed by atoms with van der Waals surface area (Å²) in [5.41, 5.74) is 2.18. The molecule has 1 fully saturated rings. The first-order chi connectivity index (χ1) is 8.11. The Morgan fingerprint density at radius 1 is 1.53 bits per heavy atom. The second-order valence-electron chi connectivity index (χ2n) is 4.77. The molecule has 0 radical (unpaired) electrons. The number of hydrogen-bond donors (Lipinski definition) is 1. The van der Waals surface area contributed by atoms with Crippen molar-refractivity contribution in [1.82, 2.24) is 0 Å². The molecule has 1 aliphatic carbocycles. The fourth-order valence-electron chi connectivity index (χ4n) is 2.31. The second-order valence-corrected chi connectivity index (χ2v) is 4.77. The normalized spacial score (nSPS) is 16.6. The monoisotopic (exact) mass is 234 g/mol. The van der Waals surface area contributed by atoms with Gasteiger partial charge in [0.1, 0.15) is 5.75 Å². The number of carboxylic acid groups (broad SMARTS) is 1. The summed E-state index contributed by atoms with van der Waals surface area (Å²) in [4.78, 5) is 10.9. The lowest BCUT2D eigenvalue weighted by atomic mass is 9.90. The maximum absolute atomic E-state index is 10.9. The lowest BCUT2D eigenvalue weighted by Crippen LogP contribution is -2.08. The van der Waals surface area contributed by atoms with Crippen molar-refractivity contribution in [2.45, 2.75) is 32.1 Å². The Labute approximate surface area is 101 Å². The first-order valence-corrected chi connectivity index (χ1v) is 5.98. The number of benzene rings is 1.